The summed E-state index contributed by atoms with van der Waals surface area (Å²) in [5.41, 5.74) is 1.12. The number of amides is 1. The zero-order valence-corrected chi connectivity index (χ0v) is 10.0. The number of carbonyl (C=O) groups is 1. The summed E-state index contributed by atoms with van der Waals surface area (Å²) in [5, 5.41) is 3.49. The predicted octanol–water partition coefficient (Wildman–Crippen LogP) is 3.06. The number of carbonyl (C=O) groups excluding carboxylic acids is 1. The van der Waals surface area contributed by atoms with E-state index in [2.05, 4.69) is 10.5 Å². The fraction of sp³-hybridized carbons (Fsp3) is 0.0769. The second kappa shape index (κ2) is 5.60. The largest absolute Gasteiger partial charge is 0.459 e. The first kappa shape index (κ1) is 13.9. The molecule has 0 aliphatic rings. The van der Waals surface area contributed by atoms with Crippen LogP contribution in [0.2, 0.25) is 0 Å². The van der Waals surface area contributed by atoms with Crippen LogP contribution in [0.15, 0.2) is 52.2 Å². The summed E-state index contributed by atoms with van der Waals surface area (Å²) < 4.78 is 42.9. The van der Waals surface area contributed by atoms with Gasteiger partial charge in [0.25, 0.3) is 0 Å². The number of alkyl halides is 3. The van der Waals surface area contributed by atoms with Crippen LogP contribution in [0.1, 0.15) is 21.7 Å². The second-order valence-electron chi connectivity index (χ2n) is 3.76. The Hall–Kier alpha value is -2.57. The van der Waals surface area contributed by atoms with Gasteiger partial charge in [0, 0.05) is 5.56 Å². The third kappa shape index (κ3) is 3.25. The average molecular weight is 282 g/mol. The fourth-order valence-electron chi connectivity index (χ4n) is 1.49. The van der Waals surface area contributed by atoms with Gasteiger partial charge in [-0.2, -0.15) is 18.3 Å². The Morgan fingerprint density at radius 1 is 1.20 bits per heavy atom. The molecule has 7 heteroatoms. The Labute approximate surface area is 111 Å². The van der Waals surface area contributed by atoms with E-state index in [1.807, 2.05) is 0 Å². The molecule has 0 atom stereocenters. The number of hydrazone groups is 1. The first-order chi connectivity index (χ1) is 9.48. The highest BCUT2D eigenvalue weighted by molar-refractivity contribution is 5.92. The summed E-state index contributed by atoms with van der Waals surface area (Å²) in [6.45, 7) is 0. The molecule has 0 aliphatic carbocycles. The van der Waals surface area contributed by atoms with Crippen LogP contribution < -0.4 is 5.43 Å². The van der Waals surface area contributed by atoms with E-state index in [4.69, 9.17) is 4.42 Å². The molecule has 0 radical (unpaired) electrons. The normalized spacial score (nSPS) is 11.8. The third-order valence-corrected chi connectivity index (χ3v) is 2.38. The number of benzene rings is 1. The van der Waals surface area contributed by atoms with Gasteiger partial charge in [-0.25, -0.2) is 5.43 Å². The number of hydrogen-bond acceptors (Lipinski definition) is 3. The summed E-state index contributed by atoms with van der Waals surface area (Å²) in [6, 6.07) is 7.85. The molecule has 0 saturated heterocycles. The lowest BCUT2D eigenvalue weighted by Crippen LogP contribution is -2.17. The van der Waals surface area contributed by atoms with Crippen LogP contribution in [0.25, 0.3) is 0 Å². The van der Waals surface area contributed by atoms with Crippen LogP contribution in [-0.4, -0.2) is 12.1 Å². The smallest absolute Gasteiger partial charge is 0.417 e. The maximum atomic E-state index is 12.7. The van der Waals surface area contributed by atoms with Crippen molar-refractivity contribution >= 4 is 12.1 Å². The Balaban J connectivity index is 2.11. The van der Waals surface area contributed by atoms with Crippen LogP contribution in [0.5, 0.6) is 0 Å². The molecule has 2 aromatic rings. The van der Waals surface area contributed by atoms with Crippen LogP contribution in [0.4, 0.5) is 13.2 Å². The van der Waals surface area contributed by atoms with Gasteiger partial charge >= 0.3 is 12.1 Å². The standard InChI is InChI=1S/C13H9F3N2O2/c14-13(15,16)10-5-2-1-4-9(10)8-17-18-12(19)11-6-3-7-20-11/h1-8H,(H,18,19)/b17-8-. The SMILES string of the molecule is O=C(N/N=C\c1ccccc1C(F)(F)F)c1ccco1. The van der Waals surface area contributed by atoms with Gasteiger partial charge in [-0.15, -0.1) is 0 Å². The molecule has 1 amide bonds. The van der Waals surface area contributed by atoms with Gasteiger partial charge in [-0.1, -0.05) is 18.2 Å². The van der Waals surface area contributed by atoms with E-state index in [1.165, 1.54) is 36.6 Å². The lowest BCUT2D eigenvalue weighted by Gasteiger charge is -2.08. The Kier molecular flexibility index (Phi) is 3.88. The molecule has 1 aromatic heterocycles. The van der Waals surface area contributed by atoms with Crippen molar-refractivity contribution < 1.29 is 22.4 Å². The zero-order valence-electron chi connectivity index (χ0n) is 10.0. The van der Waals surface area contributed by atoms with Crippen molar-refractivity contribution in [1.82, 2.24) is 5.43 Å². The van der Waals surface area contributed by atoms with Crippen molar-refractivity contribution in [1.29, 1.82) is 0 Å². The minimum atomic E-state index is -4.48. The minimum Gasteiger partial charge on any atom is -0.459 e. The molecule has 1 heterocycles. The van der Waals surface area contributed by atoms with Gasteiger partial charge < -0.3 is 4.42 Å². The van der Waals surface area contributed by atoms with Crippen molar-refractivity contribution in [2.24, 2.45) is 5.10 Å². The molecular weight excluding hydrogens is 273 g/mol. The van der Waals surface area contributed by atoms with Gasteiger partial charge in [0.05, 0.1) is 18.0 Å². The summed E-state index contributed by atoms with van der Waals surface area (Å²) in [6.07, 6.45) is -2.24. The number of nitrogens with zero attached hydrogens (tertiary/aromatic N) is 1. The monoisotopic (exact) mass is 282 g/mol. The maximum Gasteiger partial charge on any atom is 0.417 e. The fourth-order valence-corrected chi connectivity index (χ4v) is 1.49. The molecule has 4 nitrogen and oxygen atoms in total. The Morgan fingerprint density at radius 2 is 1.95 bits per heavy atom. The van der Waals surface area contributed by atoms with Crippen molar-refractivity contribution in [3.05, 3.63) is 59.5 Å². The van der Waals surface area contributed by atoms with E-state index in [-0.39, 0.29) is 11.3 Å². The van der Waals surface area contributed by atoms with Crippen molar-refractivity contribution in [3.63, 3.8) is 0 Å². The first-order valence-electron chi connectivity index (χ1n) is 5.51. The lowest BCUT2D eigenvalue weighted by atomic mass is 10.1. The second-order valence-corrected chi connectivity index (χ2v) is 3.76. The molecule has 1 aromatic carbocycles. The summed E-state index contributed by atoms with van der Waals surface area (Å²) in [4.78, 5) is 11.4. The average Bonchev–Trinajstić information content (AvgIpc) is 2.92. The quantitative estimate of drug-likeness (QED) is 0.694. The van der Waals surface area contributed by atoms with E-state index in [0.29, 0.717) is 0 Å². The molecular formula is C13H9F3N2O2. The summed E-state index contributed by atoms with van der Waals surface area (Å²) >= 11 is 0. The van der Waals surface area contributed by atoms with E-state index in [1.54, 1.807) is 0 Å². The maximum absolute atomic E-state index is 12.7. The molecule has 0 unspecified atom stereocenters. The van der Waals surface area contributed by atoms with Gasteiger partial charge in [-0.3, -0.25) is 4.79 Å². The van der Waals surface area contributed by atoms with E-state index in [0.717, 1.165) is 12.3 Å². The van der Waals surface area contributed by atoms with Crippen molar-refractivity contribution in [3.8, 4) is 0 Å². The van der Waals surface area contributed by atoms with Crippen LogP contribution in [0.3, 0.4) is 0 Å². The van der Waals surface area contributed by atoms with Crippen LogP contribution in [0, 0.1) is 0 Å². The van der Waals surface area contributed by atoms with Gasteiger partial charge in [0.1, 0.15) is 0 Å². The van der Waals surface area contributed by atoms with E-state index < -0.39 is 17.6 Å². The highest BCUT2D eigenvalue weighted by atomic mass is 19.4. The molecule has 2 rings (SSSR count). The molecule has 1 N–H and O–H groups in total. The highest BCUT2D eigenvalue weighted by Crippen LogP contribution is 2.30. The molecule has 20 heavy (non-hydrogen) atoms. The first-order valence-corrected chi connectivity index (χ1v) is 5.51. The highest BCUT2D eigenvalue weighted by Gasteiger charge is 2.32. The number of halogens is 3. The number of nitrogens with one attached hydrogen (secondary N) is 1. The molecule has 0 bridgehead atoms. The van der Waals surface area contributed by atoms with Gasteiger partial charge in [-0.05, 0) is 18.2 Å². The lowest BCUT2D eigenvalue weighted by molar-refractivity contribution is -0.137. The Bertz CT molecular complexity index is 619. The van der Waals surface area contributed by atoms with E-state index in [9.17, 15) is 18.0 Å². The number of rotatable bonds is 3. The van der Waals surface area contributed by atoms with Gasteiger partial charge in [0.15, 0.2) is 5.76 Å². The molecule has 0 aliphatic heterocycles. The predicted molar refractivity (Wildman–Crippen MR) is 65.2 cm³/mol. The van der Waals surface area contributed by atoms with Crippen molar-refractivity contribution in [2.45, 2.75) is 6.18 Å². The van der Waals surface area contributed by atoms with Gasteiger partial charge in [0.2, 0.25) is 0 Å². The topological polar surface area (TPSA) is 54.6 Å². The molecule has 104 valence electrons. The number of hydrogen-bond donors (Lipinski definition) is 1. The molecule has 0 saturated carbocycles. The number of furan rings is 1. The molecule has 0 fully saturated rings. The minimum absolute atomic E-state index is 0.0197. The zero-order chi connectivity index (χ0) is 14.6. The summed E-state index contributed by atoms with van der Waals surface area (Å²) in [7, 11) is 0. The third-order valence-electron chi connectivity index (χ3n) is 2.38. The van der Waals surface area contributed by atoms with Crippen molar-refractivity contribution in [2.75, 3.05) is 0 Å². The van der Waals surface area contributed by atoms with E-state index >= 15 is 0 Å². The molecule has 0 spiro atoms. The van der Waals surface area contributed by atoms with Crippen LogP contribution in [-0.2, 0) is 6.18 Å². The summed E-state index contributed by atoms with van der Waals surface area (Å²) in [5.74, 6) is -0.623. The van der Waals surface area contributed by atoms with Crippen LogP contribution >= 0.6 is 0 Å². The Morgan fingerprint density at radius 3 is 2.60 bits per heavy atom.